The van der Waals surface area contributed by atoms with Crippen molar-refractivity contribution in [1.29, 1.82) is 0 Å². The van der Waals surface area contributed by atoms with E-state index in [1.54, 1.807) is 6.26 Å². The predicted octanol–water partition coefficient (Wildman–Crippen LogP) is 5.81. The highest BCUT2D eigenvalue weighted by atomic mass is 79.9. The van der Waals surface area contributed by atoms with Crippen LogP contribution in [0.25, 0.3) is 17.1 Å². The first-order chi connectivity index (χ1) is 13.2. The lowest BCUT2D eigenvalue weighted by Crippen LogP contribution is -2.06. The van der Waals surface area contributed by atoms with Gasteiger partial charge in [0.25, 0.3) is 0 Å². The fourth-order valence-corrected chi connectivity index (χ4v) is 3.97. The molecule has 27 heavy (non-hydrogen) atoms. The Bertz CT molecular complexity index is 1140. The van der Waals surface area contributed by atoms with E-state index in [9.17, 15) is 0 Å². The SMILES string of the molecule is C[C@@H]1N=C(c2ccccc2)c2cc(Br)ccc2-n2cnc(-c3ccco3)c21. The number of nitrogens with zero attached hydrogens (tertiary/aromatic N) is 3. The van der Waals surface area contributed by atoms with E-state index in [1.165, 1.54) is 0 Å². The molecule has 4 aromatic rings. The summed E-state index contributed by atoms with van der Waals surface area (Å²) >= 11 is 3.61. The van der Waals surface area contributed by atoms with Gasteiger partial charge in [-0.2, -0.15) is 0 Å². The van der Waals surface area contributed by atoms with Crippen LogP contribution in [0.15, 0.2) is 87.1 Å². The van der Waals surface area contributed by atoms with Gasteiger partial charge >= 0.3 is 0 Å². The second-order valence-electron chi connectivity index (χ2n) is 6.51. The standard InChI is InChI=1S/C22H16BrN3O/c1-14-22-21(19-8-5-11-27-19)24-13-26(22)18-10-9-16(23)12-17(18)20(25-14)15-6-3-2-4-7-15/h2-14H,1H3/t14-/m0/s1. The Labute approximate surface area is 165 Å². The van der Waals surface area contributed by atoms with Crippen LogP contribution in [0.1, 0.15) is 29.8 Å². The molecule has 5 rings (SSSR count). The van der Waals surface area contributed by atoms with Gasteiger partial charge in [-0.25, -0.2) is 4.98 Å². The summed E-state index contributed by atoms with van der Waals surface area (Å²) < 4.78 is 8.77. The van der Waals surface area contributed by atoms with Gasteiger partial charge in [-0.1, -0.05) is 46.3 Å². The van der Waals surface area contributed by atoms with Crippen LogP contribution in [0.3, 0.4) is 0 Å². The smallest absolute Gasteiger partial charge is 0.154 e. The van der Waals surface area contributed by atoms with Crippen LogP contribution in [0.2, 0.25) is 0 Å². The minimum absolute atomic E-state index is 0.0750. The van der Waals surface area contributed by atoms with Gasteiger partial charge in [0.1, 0.15) is 12.0 Å². The Hall–Kier alpha value is -2.92. The number of hydrogen-bond donors (Lipinski definition) is 0. The van der Waals surface area contributed by atoms with E-state index < -0.39 is 0 Å². The van der Waals surface area contributed by atoms with Crippen molar-refractivity contribution >= 4 is 21.6 Å². The molecule has 0 amide bonds. The molecule has 3 heterocycles. The number of benzene rings is 2. The van der Waals surface area contributed by atoms with Crippen LogP contribution < -0.4 is 0 Å². The number of imidazole rings is 1. The van der Waals surface area contributed by atoms with Crippen LogP contribution in [-0.4, -0.2) is 15.3 Å². The van der Waals surface area contributed by atoms with Crippen LogP contribution in [0.4, 0.5) is 0 Å². The highest BCUT2D eigenvalue weighted by Crippen LogP contribution is 2.37. The summed E-state index contributed by atoms with van der Waals surface area (Å²) in [6.45, 7) is 2.10. The molecule has 2 aromatic heterocycles. The van der Waals surface area contributed by atoms with Crippen molar-refractivity contribution in [3.8, 4) is 17.1 Å². The Kier molecular flexibility index (Phi) is 3.83. The Morgan fingerprint density at radius 3 is 2.67 bits per heavy atom. The largest absolute Gasteiger partial charge is 0.463 e. The van der Waals surface area contributed by atoms with Gasteiger partial charge in [0, 0.05) is 15.6 Å². The molecule has 0 unspecified atom stereocenters. The lowest BCUT2D eigenvalue weighted by atomic mass is 10.0. The summed E-state index contributed by atoms with van der Waals surface area (Å²) in [5.41, 5.74) is 6.07. The maximum atomic E-state index is 5.62. The second kappa shape index (κ2) is 6.35. The molecule has 0 radical (unpaired) electrons. The molecule has 2 aromatic carbocycles. The topological polar surface area (TPSA) is 43.3 Å². The molecule has 1 atom stereocenters. The van der Waals surface area contributed by atoms with Gasteiger partial charge in [0.05, 0.1) is 29.4 Å². The number of aliphatic imine (C=N–C) groups is 1. The van der Waals surface area contributed by atoms with Crippen LogP contribution >= 0.6 is 15.9 Å². The first kappa shape index (κ1) is 16.3. The molecule has 0 saturated heterocycles. The van der Waals surface area contributed by atoms with E-state index in [0.29, 0.717) is 0 Å². The van der Waals surface area contributed by atoms with Crippen LogP contribution in [0.5, 0.6) is 0 Å². The van der Waals surface area contributed by atoms with Crippen LogP contribution in [0, 0.1) is 0 Å². The number of rotatable bonds is 2. The third-order valence-corrected chi connectivity index (χ3v) is 5.29. The Balaban J connectivity index is 1.81. The maximum absolute atomic E-state index is 5.62. The molecule has 1 aliphatic rings. The van der Waals surface area contributed by atoms with Crippen molar-refractivity contribution in [2.45, 2.75) is 13.0 Å². The predicted molar refractivity (Wildman–Crippen MR) is 109 cm³/mol. The Morgan fingerprint density at radius 1 is 1.04 bits per heavy atom. The van der Waals surface area contributed by atoms with E-state index >= 15 is 0 Å². The van der Waals surface area contributed by atoms with E-state index in [2.05, 4.69) is 56.7 Å². The molecular weight excluding hydrogens is 402 g/mol. The van der Waals surface area contributed by atoms with E-state index in [1.807, 2.05) is 42.7 Å². The summed E-state index contributed by atoms with van der Waals surface area (Å²) in [6, 6.07) is 20.3. The van der Waals surface area contributed by atoms with Gasteiger partial charge in [-0.05, 0) is 37.3 Å². The molecule has 0 N–H and O–H groups in total. The summed E-state index contributed by atoms with van der Waals surface area (Å²) in [7, 11) is 0. The maximum Gasteiger partial charge on any atom is 0.154 e. The van der Waals surface area contributed by atoms with Gasteiger partial charge in [-0.3, -0.25) is 9.56 Å². The number of furan rings is 1. The van der Waals surface area contributed by atoms with Crippen molar-refractivity contribution in [1.82, 2.24) is 9.55 Å². The van der Waals surface area contributed by atoms with E-state index in [-0.39, 0.29) is 6.04 Å². The molecular formula is C22H16BrN3O. The van der Waals surface area contributed by atoms with E-state index in [0.717, 1.165) is 44.1 Å². The molecule has 0 saturated carbocycles. The second-order valence-corrected chi connectivity index (χ2v) is 7.42. The minimum Gasteiger partial charge on any atom is -0.463 e. The van der Waals surface area contributed by atoms with Crippen molar-refractivity contribution in [2.24, 2.45) is 4.99 Å². The average molecular weight is 418 g/mol. The number of hydrogen-bond acceptors (Lipinski definition) is 3. The normalized spacial score (nSPS) is 15.6. The third kappa shape index (κ3) is 2.66. The zero-order valence-electron chi connectivity index (χ0n) is 14.6. The van der Waals surface area contributed by atoms with Gasteiger partial charge in [0.2, 0.25) is 0 Å². The number of aromatic nitrogens is 2. The van der Waals surface area contributed by atoms with Gasteiger partial charge < -0.3 is 4.42 Å². The van der Waals surface area contributed by atoms with Crippen LogP contribution in [-0.2, 0) is 0 Å². The van der Waals surface area contributed by atoms with Crippen molar-refractivity contribution in [3.63, 3.8) is 0 Å². The summed E-state index contributed by atoms with van der Waals surface area (Å²) in [6.07, 6.45) is 3.53. The lowest BCUT2D eigenvalue weighted by Gasteiger charge is -2.12. The summed E-state index contributed by atoms with van der Waals surface area (Å²) in [4.78, 5) is 9.75. The quantitative estimate of drug-likeness (QED) is 0.413. The first-order valence-corrected chi connectivity index (χ1v) is 9.56. The monoisotopic (exact) mass is 417 g/mol. The van der Waals surface area contributed by atoms with Gasteiger partial charge in [-0.15, -0.1) is 0 Å². The zero-order chi connectivity index (χ0) is 18.4. The molecule has 1 aliphatic heterocycles. The Morgan fingerprint density at radius 2 is 1.89 bits per heavy atom. The third-order valence-electron chi connectivity index (χ3n) is 4.80. The highest BCUT2D eigenvalue weighted by Gasteiger charge is 2.27. The molecule has 0 fully saturated rings. The molecule has 132 valence electrons. The average Bonchev–Trinajstić information content (AvgIpc) is 3.34. The van der Waals surface area contributed by atoms with Crippen molar-refractivity contribution in [3.05, 3.63) is 94.5 Å². The minimum atomic E-state index is -0.0750. The molecule has 0 aliphatic carbocycles. The van der Waals surface area contributed by atoms with Crippen molar-refractivity contribution < 1.29 is 4.42 Å². The number of fused-ring (bicyclic) bond motifs is 3. The lowest BCUT2D eigenvalue weighted by molar-refractivity contribution is 0.578. The van der Waals surface area contributed by atoms with Crippen molar-refractivity contribution in [2.75, 3.05) is 0 Å². The fraction of sp³-hybridized carbons (Fsp3) is 0.0909. The molecule has 5 heteroatoms. The summed E-state index contributed by atoms with van der Waals surface area (Å²) in [5.74, 6) is 0.757. The molecule has 4 nitrogen and oxygen atoms in total. The highest BCUT2D eigenvalue weighted by molar-refractivity contribution is 9.10. The number of halogens is 1. The molecule has 0 spiro atoms. The fourth-order valence-electron chi connectivity index (χ4n) is 3.61. The first-order valence-electron chi connectivity index (χ1n) is 8.77. The van der Waals surface area contributed by atoms with E-state index in [4.69, 9.17) is 9.41 Å². The zero-order valence-corrected chi connectivity index (χ0v) is 16.2. The molecule has 0 bridgehead atoms. The summed E-state index contributed by atoms with van der Waals surface area (Å²) in [5, 5.41) is 0. The van der Waals surface area contributed by atoms with Gasteiger partial charge in [0.15, 0.2) is 5.76 Å².